The van der Waals surface area contributed by atoms with Crippen LogP contribution in [-0.2, 0) is 13.0 Å². The predicted molar refractivity (Wildman–Crippen MR) is 91.6 cm³/mol. The fourth-order valence-electron chi connectivity index (χ4n) is 3.01. The highest BCUT2D eigenvalue weighted by molar-refractivity contribution is 4.86. The van der Waals surface area contributed by atoms with Gasteiger partial charge in [-0.15, -0.1) is 0 Å². The molecule has 2 nitrogen and oxygen atoms in total. The predicted octanol–water partition coefficient (Wildman–Crippen LogP) is 5.45. The number of rotatable bonds is 12. The van der Waals surface area contributed by atoms with Gasteiger partial charge in [0.2, 0.25) is 0 Å². The lowest BCUT2D eigenvalue weighted by molar-refractivity contribution is -0.704. The summed E-state index contributed by atoms with van der Waals surface area (Å²) in [5, 5.41) is 0. The number of nitrogens with zero attached hydrogens (tertiary/aromatic N) is 2. The number of aromatic nitrogens is 2. The number of hydrogen-bond acceptors (Lipinski definition) is 0. The zero-order chi connectivity index (χ0) is 15.5. The average Bonchev–Trinajstić information content (AvgIpc) is 2.87. The number of imidazole rings is 1. The number of unbranched alkanes of at least 4 members (excludes halogenated alkanes) is 7. The van der Waals surface area contributed by atoms with E-state index in [0.717, 1.165) is 0 Å². The smallest absolute Gasteiger partial charge is 0.234 e. The maximum atomic E-state index is 2.51. The Morgan fingerprint density at radius 2 is 1.52 bits per heavy atom. The molecule has 0 aliphatic heterocycles. The topological polar surface area (TPSA) is 8.81 Å². The Kier molecular flexibility index (Phi) is 9.45. The van der Waals surface area contributed by atoms with E-state index >= 15 is 0 Å². The van der Waals surface area contributed by atoms with Crippen LogP contribution in [0.5, 0.6) is 0 Å². The second kappa shape index (κ2) is 10.9. The third-order valence-electron chi connectivity index (χ3n) is 4.35. The lowest BCUT2D eigenvalue weighted by Crippen LogP contribution is -2.37. The Hall–Kier alpha value is -0.790. The van der Waals surface area contributed by atoms with Crippen molar-refractivity contribution in [2.24, 2.45) is 0 Å². The van der Waals surface area contributed by atoms with Gasteiger partial charge >= 0.3 is 0 Å². The Labute approximate surface area is 132 Å². The van der Waals surface area contributed by atoms with Gasteiger partial charge in [0.15, 0.2) is 0 Å². The van der Waals surface area contributed by atoms with Gasteiger partial charge in [-0.25, -0.2) is 9.13 Å². The summed E-state index contributed by atoms with van der Waals surface area (Å²) in [6.45, 7) is 10.4. The molecule has 0 radical (unpaired) electrons. The maximum Gasteiger partial charge on any atom is 0.256 e. The van der Waals surface area contributed by atoms with Crippen LogP contribution in [0.15, 0.2) is 12.4 Å². The minimum Gasteiger partial charge on any atom is -0.234 e. The van der Waals surface area contributed by atoms with E-state index < -0.39 is 0 Å². The van der Waals surface area contributed by atoms with Crippen LogP contribution in [0, 0.1) is 0 Å². The van der Waals surface area contributed by atoms with E-state index in [1.54, 1.807) is 0 Å². The third kappa shape index (κ3) is 6.67. The van der Waals surface area contributed by atoms with E-state index in [4.69, 9.17) is 0 Å². The van der Waals surface area contributed by atoms with Gasteiger partial charge in [-0.2, -0.15) is 0 Å². The lowest BCUT2D eigenvalue weighted by Gasteiger charge is -2.08. The summed E-state index contributed by atoms with van der Waals surface area (Å²) < 4.78 is 4.98. The van der Waals surface area contributed by atoms with Crippen LogP contribution in [0.25, 0.3) is 0 Å². The zero-order valence-electron chi connectivity index (χ0n) is 14.9. The molecule has 21 heavy (non-hydrogen) atoms. The second-order valence-corrected chi connectivity index (χ2v) is 6.63. The number of aryl methyl sites for hydroxylation is 1. The first-order chi connectivity index (χ1) is 10.2. The van der Waals surface area contributed by atoms with E-state index in [0.29, 0.717) is 6.04 Å². The van der Waals surface area contributed by atoms with E-state index in [1.807, 2.05) is 0 Å². The molecule has 1 aromatic rings. The summed E-state index contributed by atoms with van der Waals surface area (Å²) >= 11 is 0. The minimum atomic E-state index is 0.576. The van der Waals surface area contributed by atoms with Crippen molar-refractivity contribution in [2.45, 2.75) is 104 Å². The fourth-order valence-corrected chi connectivity index (χ4v) is 3.01. The summed E-state index contributed by atoms with van der Waals surface area (Å²) in [6.07, 6.45) is 18.0. The molecule has 0 N–H and O–H groups in total. The van der Waals surface area contributed by atoms with E-state index in [1.165, 1.54) is 76.6 Å². The lowest BCUT2D eigenvalue weighted by atomic mass is 10.1. The molecule has 0 atom stereocenters. The van der Waals surface area contributed by atoms with Crippen molar-refractivity contribution >= 4 is 0 Å². The van der Waals surface area contributed by atoms with Crippen molar-refractivity contribution in [3.63, 3.8) is 0 Å². The molecule has 0 saturated heterocycles. The molecule has 0 unspecified atom stereocenters. The molecule has 0 fully saturated rings. The van der Waals surface area contributed by atoms with Gasteiger partial charge in [-0.1, -0.05) is 52.4 Å². The summed E-state index contributed by atoms with van der Waals surface area (Å²) in [6, 6.07) is 0.576. The van der Waals surface area contributed by atoms with Gasteiger partial charge in [0.1, 0.15) is 12.4 Å². The van der Waals surface area contributed by atoms with Crippen LogP contribution >= 0.6 is 0 Å². The van der Waals surface area contributed by atoms with Gasteiger partial charge in [0, 0.05) is 6.42 Å². The van der Waals surface area contributed by atoms with Crippen LogP contribution in [0.4, 0.5) is 0 Å². The Morgan fingerprint density at radius 1 is 0.905 bits per heavy atom. The third-order valence-corrected chi connectivity index (χ3v) is 4.35. The maximum absolute atomic E-state index is 2.51. The molecule has 0 bridgehead atoms. The zero-order valence-corrected chi connectivity index (χ0v) is 14.9. The van der Waals surface area contributed by atoms with Crippen molar-refractivity contribution in [1.82, 2.24) is 4.57 Å². The molecule has 1 rings (SSSR count). The Morgan fingerprint density at radius 3 is 2.14 bits per heavy atom. The largest absolute Gasteiger partial charge is 0.256 e. The average molecular weight is 294 g/mol. The van der Waals surface area contributed by atoms with Crippen LogP contribution in [0.2, 0.25) is 0 Å². The molecule has 1 heterocycles. The number of hydrogen-bond donors (Lipinski definition) is 0. The van der Waals surface area contributed by atoms with Crippen molar-refractivity contribution in [1.29, 1.82) is 0 Å². The van der Waals surface area contributed by atoms with Crippen molar-refractivity contribution in [3.8, 4) is 0 Å². The Balaban J connectivity index is 2.53. The fraction of sp³-hybridized carbons (Fsp3) is 0.842. The van der Waals surface area contributed by atoms with Crippen molar-refractivity contribution in [3.05, 3.63) is 18.2 Å². The normalized spacial score (nSPS) is 11.5. The van der Waals surface area contributed by atoms with Crippen LogP contribution < -0.4 is 4.57 Å². The molecule has 122 valence electrons. The summed E-state index contributed by atoms with van der Waals surface area (Å²) in [5.41, 5.74) is 0. The van der Waals surface area contributed by atoms with Crippen LogP contribution in [-0.4, -0.2) is 4.57 Å². The summed E-state index contributed by atoms with van der Waals surface area (Å²) in [5.74, 6) is 1.54. The van der Waals surface area contributed by atoms with Crippen molar-refractivity contribution in [2.75, 3.05) is 0 Å². The summed E-state index contributed by atoms with van der Waals surface area (Å²) in [7, 11) is 0. The summed E-state index contributed by atoms with van der Waals surface area (Å²) in [4.78, 5) is 0. The van der Waals surface area contributed by atoms with Gasteiger partial charge in [0.25, 0.3) is 5.82 Å². The minimum absolute atomic E-state index is 0.576. The molecule has 0 aromatic carbocycles. The molecule has 0 amide bonds. The first-order valence-electron chi connectivity index (χ1n) is 9.29. The molecular weight excluding hydrogens is 256 g/mol. The van der Waals surface area contributed by atoms with Crippen LogP contribution in [0.1, 0.15) is 97.3 Å². The molecule has 0 spiro atoms. The first-order valence-corrected chi connectivity index (χ1v) is 9.29. The molecular formula is C19H37N2+. The van der Waals surface area contributed by atoms with E-state index in [-0.39, 0.29) is 0 Å². The quantitative estimate of drug-likeness (QED) is 0.358. The van der Waals surface area contributed by atoms with Crippen molar-refractivity contribution < 1.29 is 4.57 Å². The SMILES string of the molecule is CCCCCCCc1n(C(C)C)cc[n+]1CCCCCC. The monoisotopic (exact) mass is 293 g/mol. The standard InChI is InChI=1S/C19H37N2/c1-5-7-9-11-12-14-19-20(15-13-10-8-6-2)16-17-21(19)18(3)4/h16-18H,5-15H2,1-4H3/q+1. The molecule has 0 aliphatic rings. The van der Waals surface area contributed by atoms with Gasteiger partial charge < -0.3 is 0 Å². The first kappa shape index (κ1) is 18.3. The Bertz CT molecular complexity index is 366. The van der Waals surface area contributed by atoms with E-state index in [9.17, 15) is 0 Å². The van der Waals surface area contributed by atoms with Gasteiger partial charge in [0.05, 0.1) is 12.6 Å². The molecule has 0 aliphatic carbocycles. The highest BCUT2D eigenvalue weighted by atomic mass is 15.2. The van der Waals surface area contributed by atoms with Crippen LogP contribution in [0.3, 0.4) is 0 Å². The highest BCUT2D eigenvalue weighted by Gasteiger charge is 2.18. The highest BCUT2D eigenvalue weighted by Crippen LogP contribution is 2.12. The second-order valence-electron chi connectivity index (χ2n) is 6.63. The molecule has 0 saturated carbocycles. The van der Waals surface area contributed by atoms with Gasteiger partial charge in [-0.05, 0) is 33.1 Å². The molecule has 2 heteroatoms. The molecule has 1 aromatic heterocycles. The van der Waals surface area contributed by atoms with E-state index in [2.05, 4.69) is 49.2 Å². The van der Waals surface area contributed by atoms with Gasteiger partial charge in [-0.3, -0.25) is 0 Å².